The molecule has 0 aliphatic rings. The molecule has 1 aromatic carbocycles. The fraction of sp³-hybridized carbons (Fsp3) is 0.235. The van der Waals surface area contributed by atoms with E-state index in [9.17, 15) is 27.2 Å². The highest BCUT2D eigenvalue weighted by atomic mass is 19.4. The molecule has 9 heteroatoms. The molecule has 0 radical (unpaired) electrons. The molecule has 0 bridgehead atoms. The number of aromatic nitrogens is 1. The molecule has 0 saturated heterocycles. The van der Waals surface area contributed by atoms with Gasteiger partial charge in [-0.15, -0.1) is 0 Å². The van der Waals surface area contributed by atoms with Crippen molar-refractivity contribution in [2.24, 2.45) is 0 Å². The number of esters is 1. The summed E-state index contributed by atoms with van der Waals surface area (Å²) in [5.41, 5.74) is -0.673. The lowest BCUT2D eigenvalue weighted by Crippen LogP contribution is -2.12. The fourth-order valence-electron chi connectivity index (χ4n) is 2.11. The summed E-state index contributed by atoms with van der Waals surface area (Å²) in [5.74, 6) is -2.81. The first-order valence-electron chi connectivity index (χ1n) is 7.39. The summed E-state index contributed by atoms with van der Waals surface area (Å²) in [7, 11) is 0. The molecule has 0 unspecified atom stereocenters. The molecule has 26 heavy (non-hydrogen) atoms. The normalized spacial score (nSPS) is 11.1. The standard InChI is InChI=1S/C17H13F4NO4/c1-2-25-16(24)14-11(9-23)5-6-22-15(14)26-13-4-3-10(7-12(13)18)8-17(19,20)21/h3-7,9H,2,8H2,1H3. The van der Waals surface area contributed by atoms with E-state index in [1.807, 2.05) is 0 Å². The molecule has 0 saturated carbocycles. The number of carbonyl (C=O) groups excluding carboxylic acids is 2. The zero-order chi connectivity index (χ0) is 19.3. The number of aldehydes is 1. The van der Waals surface area contributed by atoms with Crippen molar-refractivity contribution in [2.45, 2.75) is 19.5 Å². The van der Waals surface area contributed by atoms with Gasteiger partial charge in [0.05, 0.1) is 13.0 Å². The number of hydrogen-bond acceptors (Lipinski definition) is 5. The number of rotatable bonds is 6. The predicted octanol–water partition coefficient (Wildman–Crippen LogP) is 4.11. The average Bonchev–Trinajstić information content (AvgIpc) is 2.55. The Bertz CT molecular complexity index is 821. The molecule has 0 aliphatic heterocycles. The Morgan fingerprint density at radius 1 is 1.27 bits per heavy atom. The molecule has 2 rings (SSSR count). The van der Waals surface area contributed by atoms with E-state index in [-0.39, 0.29) is 23.3 Å². The third kappa shape index (κ3) is 4.78. The second kappa shape index (κ2) is 7.94. The molecular weight excluding hydrogens is 358 g/mol. The van der Waals surface area contributed by atoms with Gasteiger partial charge in [0, 0.05) is 11.8 Å². The van der Waals surface area contributed by atoms with Crippen LogP contribution in [-0.2, 0) is 11.2 Å². The number of halogens is 4. The lowest BCUT2D eigenvalue weighted by molar-refractivity contribution is -0.127. The Balaban J connectivity index is 2.36. The van der Waals surface area contributed by atoms with Gasteiger partial charge in [-0.3, -0.25) is 4.79 Å². The van der Waals surface area contributed by atoms with E-state index in [1.54, 1.807) is 6.92 Å². The SMILES string of the molecule is CCOC(=O)c1c(C=O)ccnc1Oc1ccc(CC(F)(F)F)cc1F. The maximum absolute atomic E-state index is 14.1. The first-order chi connectivity index (χ1) is 12.2. The molecule has 5 nitrogen and oxygen atoms in total. The van der Waals surface area contributed by atoms with Crippen molar-refractivity contribution in [3.63, 3.8) is 0 Å². The van der Waals surface area contributed by atoms with Gasteiger partial charge < -0.3 is 9.47 Å². The van der Waals surface area contributed by atoms with Crippen molar-refractivity contribution in [1.29, 1.82) is 0 Å². The molecule has 138 valence electrons. The first-order valence-corrected chi connectivity index (χ1v) is 7.39. The minimum atomic E-state index is -4.48. The van der Waals surface area contributed by atoms with Gasteiger partial charge >= 0.3 is 12.1 Å². The van der Waals surface area contributed by atoms with Gasteiger partial charge in [-0.1, -0.05) is 6.07 Å². The van der Waals surface area contributed by atoms with Crippen LogP contribution in [0, 0.1) is 5.82 Å². The molecule has 1 heterocycles. The largest absolute Gasteiger partial charge is 0.462 e. The Morgan fingerprint density at radius 3 is 2.58 bits per heavy atom. The fourth-order valence-corrected chi connectivity index (χ4v) is 2.11. The molecule has 2 aromatic rings. The van der Waals surface area contributed by atoms with Crippen LogP contribution in [0.15, 0.2) is 30.5 Å². The zero-order valence-electron chi connectivity index (χ0n) is 13.5. The van der Waals surface area contributed by atoms with E-state index < -0.39 is 36.0 Å². The number of ether oxygens (including phenoxy) is 2. The van der Waals surface area contributed by atoms with E-state index in [0.29, 0.717) is 12.4 Å². The molecule has 0 spiro atoms. The van der Waals surface area contributed by atoms with E-state index in [0.717, 1.165) is 18.3 Å². The minimum Gasteiger partial charge on any atom is -0.462 e. The van der Waals surface area contributed by atoms with Crippen molar-refractivity contribution in [3.05, 3.63) is 53.0 Å². The van der Waals surface area contributed by atoms with Crippen LogP contribution in [0.5, 0.6) is 11.6 Å². The van der Waals surface area contributed by atoms with Crippen LogP contribution in [0.4, 0.5) is 17.6 Å². The van der Waals surface area contributed by atoms with E-state index >= 15 is 0 Å². The van der Waals surface area contributed by atoms with E-state index in [2.05, 4.69) is 4.98 Å². The van der Waals surface area contributed by atoms with Gasteiger partial charge in [-0.2, -0.15) is 13.2 Å². The summed E-state index contributed by atoms with van der Waals surface area (Å²) in [6.07, 6.45) is -4.23. The number of nitrogens with zero attached hydrogens (tertiary/aromatic N) is 1. The Labute approximate surface area is 145 Å². The van der Waals surface area contributed by atoms with Gasteiger partial charge in [-0.05, 0) is 30.7 Å². The van der Waals surface area contributed by atoms with Gasteiger partial charge in [0.15, 0.2) is 17.9 Å². The maximum atomic E-state index is 14.1. The molecule has 0 fully saturated rings. The average molecular weight is 371 g/mol. The topological polar surface area (TPSA) is 65.5 Å². The molecular formula is C17H13F4NO4. The summed E-state index contributed by atoms with van der Waals surface area (Å²) in [5, 5.41) is 0. The predicted molar refractivity (Wildman–Crippen MR) is 81.8 cm³/mol. The number of hydrogen-bond donors (Lipinski definition) is 0. The highest BCUT2D eigenvalue weighted by molar-refractivity contribution is 6.00. The Kier molecular flexibility index (Phi) is 5.91. The highest BCUT2D eigenvalue weighted by Gasteiger charge is 2.28. The lowest BCUT2D eigenvalue weighted by atomic mass is 10.1. The van der Waals surface area contributed by atoms with Crippen molar-refractivity contribution in [3.8, 4) is 11.6 Å². The molecule has 1 aromatic heterocycles. The van der Waals surface area contributed by atoms with Gasteiger partial charge in [0.1, 0.15) is 5.56 Å². The van der Waals surface area contributed by atoms with E-state index in [1.165, 1.54) is 6.07 Å². The third-order valence-electron chi connectivity index (χ3n) is 3.16. The summed E-state index contributed by atoms with van der Waals surface area (Å²) >= 11 is 0. The van der Waals surface area contributed by atoms with Crippen molar-refractivity contribution >= 4 is 12.3 Å². The number of pyridine rings is 1. The summed E-state index contributed by atoms with van der Waals surface area (Å²) in [6, 6.07) is 3.95. The van der Waals surface area contributed by atoms with Crippen LogP contribution in [0.25, 0.3) is 0 Å². The quantitative estimate of drug-likeness (QED) is 0.434. The molecule has 0 aliphatic carbocycles. The van der Waals surface area contributed by atoms with Crippen molar-refractivity contribution < 1.29 is 36.6 Å². The van der Waals surface area contributed by atoms with Gasteiger partial charge in [0.25, 0.3) is 0 Å². The van der Waals surface area contributed by atoms with Gasteiger partial charge in [-0.25, -0.2) is 14.2 Å². The molecule has 0 amide bonds. The number of alkyl halides is 3. The number of carbonyl (C=O) groups is 2. The van der Waals surface area contributed by atoms with E-state index in [4.69, 9.17) is 9.47 Å². The van der Waals surface area contributed by atoms with Crippen LogP contribution in [-0.4, -0.2) is 30.0 Å². The highest BCUT2D eigenvalue weighted by Crippen LogP contribution is 2.30. The Morgan fingerprint density at radius 2 is 2.00 bits per heavy atom. The smallest absolute Gasteiger partial charge is 0.393 e. The maximum Gasteiger partial charge on any atom is 0.393 e. The molecule has 0 atom stereocenters. The summed E-state index contributed by atoms with van der Waals surface area (Å²) in [6.45, 7) is 1.57. The second-order valence-electron chi connectivity index (χ2n) is 5.08. The second-order valence-corrected chi connectivity index (χ2v) is 5.08. The minimum absolute atomic E-state index is 0.0198. The zero-order valence-corrected chi connectivity index (χ0v) is 13.5. The van der Waals surface area contributed by atoms with Crippen LogP contribution >= 0.6 is 0 Å². The van der Waals surface area contributed by atoms with Gasteiger partial charge in [0.2, 0.25) is 5.88 Å². The van der Waals surface area contributed by atoms with Crippen LogP contribution in [0.2, 0.25) is 0 Å². The van der Waals surface area contributed by atoms with Crippen LogP contribution < -0.4 is 4.74 Å². The third-order valence-corrected chi connectivity index (χ3v) is 3.16. The summed E-state index contributed by atoms with van der Waals surface area (Å²) < 4.78 is 61.2. The monoisotopic (exact) mass is 371 g/mol. The Hall–Kier alpha value is -2.97. The van der Waals surface area contributed by atoms with Crippen molar-refractivity contribution in [2.75, 3.05) is 6.61 Å². The first kappa shape index (κ1) is 19.4. The summed E-state index contributed by atoms with van der Waals surface area (Å²) in [4.78, 5) is 26.9. The molecule has 0 N–H and O–H groups in total. The van der Waals surface area contributed by atoms with Crippen molar-refractivity contribution in [1.82, 2.24) is 4.98 Å². The lowest BCUT2D eigenvalue weighted by Gasteiger charge is -2.12. The number of benzene rings is 1. The van der Waals surface area contributed by atoms with Crippen LogP contribution in [0.3, 0.4) is 0 Å². The van der Waals surface area contributed by atoms with Crippen LogP contribution in [0.1, 0.15) is 33.2 Å².